The first-order chi connectivity index (χ1) is 12.4. The van der Waals surface area contributed by atoms with Gasteiger partial charge in [0, 0.05) is 37.8 Å². The highest BCUT2D eigenvalue weighted by Gasteiger charge is 2.38. The van der Waals surface area contributed by atoms with Gasteiger partial charge >= 0.3 is 0 Å². The van der Waals surface area contributed by atoms with E-state index < -0.39 is 0 Å². The summed E-state index contributed by atoms with van der Waals surface area (Å²) in [4.78, 5) is 17.4. The number of hydrogen-bond acceptors (Lipinski definition) is 3. The first kappa shape index (κ1) is 18.6. The highest BCUT2D eigenvalue weighted by atomic mass is 16.2. The smallest absolute Gasteiger partial charge is 0.257 e. The van der Waals surface area contributed by atoms with Crippen LogP contribution in [-0.2, 0) is 6.54 Å². The topological polar surface area (TPSA) is 41.4 Å². The molecule has 0 saturated carbocycles. The molecule has 140 valence electrons. The molecule has 2 heterocycles. The normalized spacial score (nSPS) is 20.2. The van der Waals surface area contributed by atoms with E-state index in [0.717, 1.165) is 37.3 Å². The molecule has 0 bridgehead atoms. The molecule has 1 saturated heterocycles. The zero-order valence-corrected chi connectivity index (χ0v) is 16.6. The van der Waals surface area contributed by atoms with Gasteiger partial charge in [0.2, 0.25) is 0 Å². The van der Waals surface area contributed by atoms with E-state index in [9.17, 15) is 4.79 Å². The number of likely N-dealkylation sites (N-methyl/N-ethyl adjacent to an activating group) is 1. The molecule has 1 aliphatic rings. The van der Waals surface area contributed by atoms with Crippen molar-refractivity contribution in [3.05, 3.63) is 52.8 Å². The van der Waals surface area contributed by atoms with Gasteiger partial charge in [0.25, 0.3) is 5.91 Å². The van der Waals surface area contributed by atoms with Gasteiger partial charge in [0.15, 0.2) is 0 Å². The Labute approximate surface area is 156 Å². The second kappa shape index (κ2) is 7.62. The summed E-state index contributed by atoms with van der Waals surface area (Å²) in [6.07, 6.45) is 2.92. The monoisotopic (exact) mass is 354 g/mol. The van der Waals surface area contributed by atoms with Gasteiger partial charge in [-0.05, 0) is 39.9 Å². The van der Waals surface area contributed by atoms with Crippen molar-refractivity contribution in [3.8, 4) is 0 Å². The van der Waals surface area contributed by atoms with Crippen molar-refractivity contribution in [3.63, 3.8) is 0 Å². The summed E-state index contributed by atoms with van der Waals surface area (Å²) in [5.74, 6) is 0.437. The van der Waals surface area contributed by atoms with Crippen LogP contribution in [0.4, 0.5) is 0 Å². The Morgan fingerprint density at radius 2 is 1.88 bits per heavy atom. The molecule has 2 atom stereocenters. The minimum Gasteiger partial charge on any atom is -0.336 e. The Bertz CT molecular complexity index is 763. The van der Waals surface area contributed by atoms with Crippen LogP contribution in [-0.4, -0.2) is 58.7 Å². The van der Waals surface area contributed by atoms with Crippen LogP contribution in [0.2, 0.25) is 0 Å². The van der Waals surface area contributed by atoms with Crippen LogP contribution in [0.5, 0.6) is 0 Å². The van der Waals surface area contributed by atoms with E-state index in [1.807, 2.05) is 22.7 Å². The standard InChI is InChI=1S/C21H30N4O/c1-6-11-25-13-18(16(3)22-25)21(26)24-12-19(20(14-24)23(4)5)17-9-7-15(2)8-10-17/h7-10,13,19-20H,6,11-12,14H2,1-5H3/t19-,20+/m1/s1. The molecule has 0 unspecified atom stereocenters. The van der Waals surface area contributed by atoms with Gasteiger partial charge in [-0.1, -0.05) is 36.8 Å². The number of benzene rings is 1. The van der Waals surface area contributed by atoms with Gasteiger partial charge in [-0.2, -0.15) is 5.10 Å². The zero-order valence-electron chi connectivity index (χ0n) is 16.6. The van der Waals surface area contributed by atoms with Gasteiger partial charge in [0.05, 0.1) is 11.3 Å². The minimum absolute atomic E-state index is 0.103. The summed E-state index contributed by atoms with van der Waals surface area (Å²) >= 11 is 0. The molecule has 1 fully saturated rings. The Balaban J connectivity index is 1.83. The lowest BCUT2D eigenvalue weighted by Crippen LogP contribution is -2.35. The number of rotatable bonds is 5. The van der Waals surface area contributed by atoms with E-state index in [1.54, 1.807) is 0 Å². The number of nitrogens with zero attached hydrogens (tertiary/aromatic N) is 4. The van der Waals surface area contributed by atoms with Gasteiger partial charge in [-0.25, -0.2) is 0 Å². The van der Waals surface area contributed by atoms with Gasteiger partial charge < -0.3 is 9.80 Å². The van der Waals surface area contributed by atoms with E-state index in [2.05, 4.69) is 62.2 Å². The van der Waals surface area contributed by atoms with Crippen LogP contribution in [0.15, 0.2) is 30.5 Å². The average Bonchev–Trinajstić information content (AvgIpc) is 3.19. The molecule has 1 aromatic heterocycles. The molecule has 5 heteroatoms. The Morgan fingerprint density at radius 3 is 2.50 bits per heavy atom. The third-order valence-electron chi connectivity index (χ3n) is 5.37. The number of likely N-dealkylation sites (tertiary alicyclic amines) is 1. The van der Waals surface area contributed by atoms with Crippen molar-refractivity contribution < 1.29 is 4.79 Å². The Morgan fingerprint density at radius 1 is 1.19 bits per heavy atom. The van der Waals surface area contributed by atoms with Crippen LogP contribution in [0.25, 0.3) is 0 Å². The van der Waals surface area contributed by atoms with Gasteiger partial charge in [-0.15, -0.1) is 0 Å². The summed E-state index contributed by atoms with van der Waals surface area (Å²) in [7, 11) is 4.20. The van der Waals surface area contributed by atoms with Crippen LogP contribution >= 0.6 is 0 Å². The second-order valence-electron chi connectivity index (χ2n) is 7.65. The lowest BCUT2D eigenvalue weighted by molar-refractivity contribution is 0.0781. The summed E-state index contributed by atoms with van der Waals surface area (Å²) in [6, 6.07) is 9.05. The molecule has 1 aliphatic heterocycles. The van der Waals surface area contributed by atoms with Crippen molar-refractivity contribution in [1.82, 2.24) is 19.6 Å². The molecule has 0 spiro atoms. The van der Waals surface area contributed by atoms with Crippen LogP contribution in [0.3, 0.4) is 0 Å². The largest absolute Gasteiger partial charge is 0.336 e. The quantitative estimate of drug-likeness (QED) is 0.829. The van der Waals surface area contributed by atoms with Crippen molar-refractivity contribution in [2.24, 2.45) is 0 Å². The molecule has 1 amide bonds. The number of amides is 1. The number of aromatic nitrogens is 2. The summed E-state index contributed by atoms with van der Waals surface area (Å²) in [5, 5.41) is 4.49. The Kier molecular flexibility index (Phi) is 5.47. The van der Waals surface area contributed by atoms with Crippen molar-refractivity contribution in [2.45, 2.75) is 45.7 Å². The maximum absolute atomic E-state index is 13.1. The maximum atomic E-state index is 13.1. The summed E-state index contributed by atoms with van der Waals surface area (Å²) in [6.45, 7) is 8.50. The van der Waals surface area contributed by atoms with E-state index in [-0.39, 0.29) is 5.91 Å². The predicted molar refractivity (Wildman–Crippen MR) is 105 cm³/mol. The number of hydrogen-bond donors (Lipinski definition) is 0. The molecule has 1 aromatic carbocycles. The highest BCUT2D eigenvalue weighted by Crippen LogP contribution is 2.31. The van der Waals surface area contributed by atoms with E-state index in [0.29, 0.717) is 12.0 Å². The molecule has 26 heavy (non-hydrogen) atoms. The zero-order chi connectivity index (χ0) is 18.8. The van der Waals surface area contributed by atoms with Crippen LogP contribution < -0.4 is 0 Å². The number of aryl methyl sites for hydroxylation is 3. The first-order valence-electron chi connectivity index (χ1n) is 9.47. The van der Waals surface area contributed by atoms with Gasteiger partial charge in [0.1, 0.15) is 0 Å². The maximum Gasteiger partial charge on any atom is 0.257 e. The summed E-state index contributed by atoms with van der Waals surface area (Å²) < 4.78 is 1.89. The number of carbonyl (C=O) groups is 1. The van der Waals surface area contributed by atoms with E-state index in [4.69, 9.17) is 0 Å². The third-order valence-corrected chi connectivity index (χ3v) is 5.37. The van der Waals surface area contributed by atoms with E-state index in [1.165, 1.54) is 11.1 Å². The lowest BCUT2D eigenvalue weighted by atomic mass is 9.93. The first-order valence-corrected chi connectivity index (χ1v) is 9.47. The van der Waals surface area contributed by atoms with Crippen LogP contribution in [0, 0.1) is 13.8 Å². The molecular formula is C21H30N4O. The lowest BCUT2D eigenvalue weighted by Gasteiger charge is -2.25. The molecular weight excluding hydrogens is 324 g/mol. The van der Waals surface area contributed by atoms with E-state index >= 15 is 0 Å². The molecule has 0 aliphatic carbocycles. The third kappa shape index (κ3) is 3.68. The Hall–Kier alpha value is -2.14. The number of carbonyl (C=O) groups excluding carboxylic acids is 1. The van der Waals surface area contributed by atoms with Gasteiger partial charge in [-0.3, -0.25) is 9.48 Å². The van der Waals surface area contributed by atoms with Crippen molar-refractivity contribution in [2.75, 3.05) is 27.2 Å². The summed E-state index contributed by atoms with van der Waals surface area (Å²) in [5.41, 5.74) is 4.13. The minimum atomic E-state index is 0.103. The highest BCUT2D eigenvalue weighted by molar-refractivity contribution is 5.95. The fraction of sp³-hybridized carbons (Fsp3) is 0.524. The fourth-order valence-electron chi connectivity index (χ4n) is 3.86. The molecule has 2 aromatic rings. The molecule has 0 N–H and O–H groups in total. The molecule has 5 nitrogen and oxygen atoms in total. The van der Waals surface area contributed by atoms with Crippen LogP contribution in [0.1, 0.15) is 46.4 Å². The fourth-order valence-corrected chi connectivity index (χ4v) is 3.86. The average molecular weight is 354 g/mol. The van der Waals surface area contributed by atoms with Crippen molar-refractivity contribution in [1.29, 1.82) is 0 Å². The SMILES string of the molecule is CCCn1cc(C(=O)N2C[C@H](c3ccc(C)cc3)[C@@H](N(C)C)C2)c(C)n1. The molecule has 0 radical (unpaired) electrons. The second-order valence-corrected chi connectivity index (χ2v) is 7.65. The van der Waals surface area contributed by atoms with Crippen molar-refractivity contribution >= 4 is 5.91 Å². The molecule has 3 rings (SSSR count). The predicted octanol–water partition coefficient (Wildman–Crippen LogP) is 3.08.